The van der Waals surface area contributed by atoms with Crippen molar-refractivity contribution in [2.75, 3.05) is 20.1 Å². The summed E-state index contributed by atoms with van der Waals surface area (Å²) < 4.78 is 16.9. The maximum absolute atomic E-state index is 15.2. The number of carbonyl (C=O) groups excluding carboxylic acids is 1. The zero-order valence-corrected chi connectivity index (χ0v) is 21.0. The van der Waals surface area contributed by atoms with Crippen LogP contribution in [0.5, 0.6) is 0 Å². The van der Waals surface area contributed by atoms with Crippen LogP contribution in [0.1, 0.15) is 57.4 Å². The molecule has 2 aliphatic rings. The average molecular weight is 479 g/mol. The van der Waals surface area contributed by atoms with E-state index in [-0.39, 0.29) is 23.7 Å². The van der Waals surface area contributed by atoms with E-state index in [2.05, 4.69) is 28.7 Å². The molecule has 0 aliphatic carbocycles. The van der Waals surface area contributed by atoms with E-state index in [1.807, 2.05) is 36.2 Å². The predicted molar refractivity (Wildman–Crippen MR) is 139 cm³/mol. The Morgan fingerprint density at radius 2 is 2.11 bits per heavy atom. The lowest BCUT2D eigenvalue weighted by Crippen LogP contribution is -2.41. The molecule has 35 heavy (non-hydrogen) atoms. The maximum Gasteiger partial charge on any atom is 0.272 e. The summed E-state index contributed by atoms with van der Waals surface area (Å²) in [5.74, 6) is 0.156. The number of aryl methyl sites for hydroxylation is 1. The van der Waals surface area contributed by atoms with E-state index in [9.17, 15) is 4.79 Å². The van der Waals surface area contributed by atoms with Gasteiger partial charge in [0.1, 0.15) is 11.5 Å². The number of carbonyl (C=O) groups is 1. The van der Waals surface area contributed by atoms with Crippen LogP contribution in [0.25, 0.3) is 11.3 Å². The van der Waals surface area contributed by atoms with Crippen LogP contribution in [0, 0.1) is 5.82 Å². The van der Waals surface area contributed by atoms with Crippen molar-refractivity contribution in [2.45, 2.75) is 64.5 Å². The van der Waals surface area contributed by atoms with Crippen molar-refractivity contribution in [2.24, 2.45) is 10.1 Å². The van der Waals surface area contributed by atoms with Crippen molar-refractivity contribution in [3.05, 3.63) is 48.3 Å². The van der Waals surface area contributed by atoms with E-state index in [1.165, 1.54) is 6.08 Å². The number of likely N-dealkylation sites (N-methyl/N-ethyl adjacent to an activating group) is 1. The van der Waals surface area contributed by atoms with Crippen molar-refractivity contribution >= 4 is 23.7 Å². The molecule has 4 rings (SSSR count). The van der Waals surface area contributed by atoms with Gasteiger partial charge >= 0.3 is 0 Å². The Hall–Kier alpha value is -3.29. The fourth-order valence-corrected chi connectivity index (χ4v) is 4.77. The zero-order valence-electron chi connectivity index (χ0n) is 21.0. The topological polar surface area (TPSA) is 66.1 Å². The molecule has 8 heteroatoms. The molecular formula is C27H35FN6O. The van der Waals surface area contributed by atoms with Gasteiger partial charge in [0, 0.05) is 56.5 Å². The summed E-state index contributed by atoms with van der Waals surface area (Å²) in [6, 6.07) is 7.17. The highest BCUT2D eigenvalue weighted by Crippen LogP contribution is 2.30. The molecule has 0 radical (unpaired) electrons. The van der Waals surface area contributed by atoms with Gasteiger partial charge in [-0.15, -0.1) is 0 Å². The second-order valence-corrected chi connectivity index (χ2v) is 9.46. The van der Waals surface area contributed by atoms with Gasteiger partial charge in [-0.05, 0) is 50.0 Å². The van der Waals surface area contributed by atoms with Crippen LogP contribution in [0.15, 0.2) is 47.0 Å². The number of hydrogen-bond donors (Lipinski definition) is 0. The lowest BCUT2D eigenvalue weighted by Gasteiger charge is -2.27. The third kappa shape index (κ3) is 5.52. The lowest BCUT2D eigenvalue weighted by molar-refractivity contribution is -0.125. The first-order valence-corrected chi connectivity index (χ1v) is 12.6. The minimum Gasteiger partial charge on any atom is -0.335 e. The van der Waals surface area contributed by atoms with Crippen LogP contribution in [0.3, 0.4) is 0 Å². The minimum atomic E-state index is -0.333. The molecule has 1 amide bonds. The molecule has 2 aromatic rings. The molecule has 186 valence electrons. The van der Waals surface area contributed by atoms with Crippen LogP contribution in [0.2, 0.25) is 0 Å². The number of halogens is 1. The van der Waals surface area contributed by atoms with Gasteiger partial charge in [-0.3, -0.25) is 9.80 Å². The lowest BCUT2D eigenvalue weighted by atomic mass is 9.98. The summed E-state index contributed by atoms with van der Waals surface area (Å²) in [4.78, 5) is 19.9. The molecule has 1 fully saturated rings. The number of benzene rings is 1. The van der Waals surface area contributed by atoms with Crippen molar-refractivity contribution in [1.82, 2.24) is 19.7 Å². The number of nitrogens with zero attached hydrogens (tertiary/aromatic N) is 6. The normalized spacial score (nSPS) is 20.9. The summed E-state index contributed by atoms with van der Waals surface area (Å²) >= 11 is 0. The van der Waals surface area contributed by atoms with Crippen LogP contribution in [-0.2, 0) is 11.3 Å². The summed E-state index contributed by atoms with van der Waals surface area (Å²) in [6.07, 6.45) is 8.44. The zero-order chi connectivity index (χ0) is 24.9. The fraction of sp³-hybridized carbons (Fsp3) is 0.481. The maximum atomic E-state index is 15.2. The molecule has 0 spiro atoms. The SMILES string of the molecule is C=CC(=Nc1cc(-c2ccc([C@H]3C=NN(C)C3)cc2F)nn1CCC)C(=O)N1CCCCCC1C. The fourth-order valence-electron chi connectivity index (χ4n) is 4.77. The Morgan fingerprint density at radius 1 is 1.29 bits per heavy atom. The molecule has 2 aliphatic heterocycles. The van der Waals surface area contributed by atoms with Gasteiger partial charge in [-0.1, -0.05) is 32.4 Å². The third-order valence-corrected chi connectivity index (χ3v) is 6.76. The van der Waals surface area contributed by atoms with Crippen LogP contribution >= 0.6 is 0 Å². The van der Waals surface area contributed by atoms with Crippen molar-refractivity contribution in [3.63, 3.8) is 0 Å². The molecule has 1 aromatic carbocycles. The largest absolute Gasteiger partial charge is 0.335 e. The van der Waals surface area contributed by atoms with E-state index >= 15 is 4.39 Å². The molecule has 0 N–H and O–H groups in total. The van der Waals surface area contributed by atoms with Crippen molar-refractivity contribution in [1.29, 1.82) is 0 Å². The Balaban J connectivity index is 1.64. The van der Waals surface area contributed by atoms with E-state index in [1.54, 1.807) is 22.9 Å². The monoisotopic (exact) mass is 478 g/mol. The van der Waals surface area contributed by atoms with Crippen molar-refractivity contribution < 1.29 is 9.18 Å². The smallest absolute Gasteiger partial charge is 0.272 e. The molecule has 2 atom stereocenters. The standard InChI is InChI=1S/C27H35FN6O/c1-5-13-34-26(30-24(6-2)27(35)33-14-9-7-8-10-19(33)3)16-25(31-34)22-12-11-20(15-23(22)28)21-17-29-32(4)18-21/h6,11-12,15-17,19,21H,2,5,7-10,13-14,18H2,1,3-4H3/t19?,21-/m0/s1. The molecule has 7 nitrogen and oxygen atoms in total. The van der Waals surface area contributed by atoms with Gasteiger partial charge in [0.05, 0.1) is 5.69 Å². The first kappa shape index (κ1) is 24.8. The summed E-state index contributed by atoms with van der Waals surface area (Å²) in [5, 5.41) is 10.7. The van der Waals surface area contributed by atoms with Gasteiger partial charge in [0.25, 0.3) is 5.91 Å². The Kier molecular flexibility index (Phi) is 7.78. The van der Waals surface area contributed by atoms with Gasteiger partial charge < -0.3 is 4.90 Å². The quantitative estimate of drug-likeness (QED) is 0.516. The Morgan fingerprint density at radius 3 is 2.80 bits per heavy atom. The molecule has 1 saturated heterocycles. The van der Waals surface area contributed by atoms with E-state index in [4.69, 9.17) is 0 Å². The van der Waals surface area contributed by atoms with Crippen LogP contribution in [0.4, 0.5) is 10.2 Å². The van der Waals surface area contributed by atoms with E-state index in [0.717, 1.165) is 50.8 Å². The van der Waals surface area contributed by atoms with Crippen molar-refractivity contribution in [3.8, 4) is 11.3 Å². The van der Waals surface area contributed by atoms with E-state index < -0.39 is 0 Å². The third-order valence-electron chi connectivity index (χ3n) is 6.76. The summed E-state index contributed by atoms with van der Waals surface area (Å²) in [6.45, 7) is 10.1. The molecule has 1 unspecified atom stereocenters. The van der Waals surface area contributed by atoms with Gasteiger partial charge in [-0.2, -0.15) is 10.2 Å². The second-order valence-electron chi connectivity index (χ2n) is 9.46. The molecule has 3 heterocycles. The average Bonchev–Trinajstić information content (AvgIpc) is 3.38. The number of hydrazone groups is 1. The van der Waals surface area contributed by atoms with Crippen LogP contribution in [-0.4, -0.2) is 63.7 Å². The Labute approximate surface area is 207 Å². The molecule has 0 saturated carbocycles. The second kappa shape index (κ2) is 11.0. The molecular weight excluding hydrogens is 443 g/mol. The summed E-state index contributed by atoms with van der Waals surface area (Å²) in [5.41, 5.74) is 2.09. The number of rotatable bonds is 7. The first-order valence-electron chi connectivity index (χ1n) is 12.6. The highest BCUT2D eigenvalue weighted by atomic mass is 19.1. The number of likely N-dealkylation sites (tertiary alicyclic amines) is 1. The number of aliphatic imine (C=N–C) groups is 1. The highest BCUT2D eigenvalue weighted by molar-refractivity contribution is 6.43. The first-order chi connectivity index (χ1) is 16.9. The van der Waals surface area contributed by atoms with Gasteiger partial charge in [0.2, 0.25) is 0 Å². The summed E-state index contributed by atoms with van der Waals surface area (Å²) in [7, 11) is 1.90. The number of amides is 1. The Bertz CT molecular complexity index is 1140. The van der Waals surface area contributed by atoms with Gasteiger partial charge in [0.15, 0.2) is 5.82 Å². The minimum absolute atomic E-state index is 0.0731. The predicted octanol–water partition coefficient (Wildman–Crippen LogP) is 5.16. The number of aromatic nitrogens is 2. The molecule has 1 aromatic heterocycles. The highest BCUT2D eigenvalue weighted by Gasteiger charge is 2.25. The van der Waals surface area contributed by atoms with Gasteiger partial charge in [-0.25, -0.2) is 14.1 Å². The molecule has 0 bridgehead atoms. The number of hydrogen-bond acceptors (Lipinski definition) is 5. The van der Waals surface area contributed by atoms with E-state index in [0.29, 0.717) is 29.3 Å². The van der Waals surface area contributed by atoms with Crippen LogP contribution < -0.4 is 0 Å².